The third kappa shape index (κ3) is 2.74. The van der Waals surface area contributed by atoms with Crippen molar-refractivity contribution in [2.45, 2.75) is 6.92 Å². The lowest BCUT2D eigenvalue weighted by molar-refractivity contribution is 0.480. The molecule has 2 aromatic rings. The third-order valence-corrected chi connectivity index (χ3v) is 2.64. The van der Waals surface area contributed by atoms with E-state index in [2.05, 4.69) is 4.98 Å². The Labute approximate surface area is 104 Å². The number of nitriles is 1. The van der Waals surface area contributed by atoms with E-state index in [4.69, 9.17) is 21.6 Å². The molecular formula is C13H9ClN2O. The van der Waals surface area contributed by atoms with Gasteiger partial charge in [-0.2, -0.15) is 5.26 Å². The topological polar surface area (TPSA) is 45.9 Å². The predicted molar refractivity (Wildman–Crippen MR) is 65.2 cm³/mol. The largest absolute Gasteiger partial charge is 0.456 e. The number of nitrogens with zero attached hydrogens (tertiary/aromatic N) is 2. The molecule has 0 radical (unpaired) electrons. The van der Waals surface area contributed by atoms with Gasteiger partial charge in [-0.1, -0.05) is 11.6 Å². The molecule has 1 aromatic heterocycles. The van der Waals surface area contributed by atoms with Crippen LogP contribution >= 0.6 is 11.6 Å². The van der Waals surface area contributed by atoms with Crippen molar-refractivity contribution in [2.75, 3.05) is 0 Å². The molecule has 0 aliphatic carbocycles. The van der Waals surface area contributed by atoms with Crippen molar-refractivity contribution in [2.24, 2.45) is 0 Å². The Kier molecular flexibility index (Phi) is 3.27. The number of aromatic nitrogens is 1. The van der Waals surface area contributed by atoms with E-state index in [-0.39, 0.29) is 0 Å². The van der Waals surface area contributed by atoms with E-state index in [1.807, 2.05) is 19.1 Å². The lowest BCUT2D eigenvalue weighted by Crippen LogP contribution is -1.88. The van der Waals surface area contributed by atoms with Crippen molar-refractivity contribution in [1.82, 2.24) is 4.98 Å². The van der Waals surface area contributed by atoms with Crippen LogP contribution in [0, 0.1) is 18.3 Å². The van der Waals surface area contributed by atoms with Gasteiger partial charge in [0.1, 0.15) is 23.3 Å². The average molecular weight is 245 g/mol. The summed E-state index contributed by atoms with van der Waals surface area (Å²) in [7, 11) is 0. The summed E-state index contributed by atoms with van der Waals surface area (Å²) in [6, 6.07) is 10.7. The number of hydrogen-bond donors (Lipinski definition) is 0. The van der Waals surface area contributed by atoms with Crippen LogP contribution in [0.15, 0.2) is 36.5 Å². The van der Waals surface area contributed by atoms with Crippen molar-refractivity contribution >= 4 is 11.6 Å². The van der Waals surface area contributed by atoms with Crippen molar-refractivity contribution in [3.8, 4) is 17.6 Å². The smallest absolute Gasteiger partial charge is 0.145 e. The van der Waals surface area contributed by atoms with Crippen LogP contribution in [0.2, 0.25) is 5.02 Å². The number of benzene rings is 1. The van der Waals surface area contributed by atoms with Crippen LogP contribution in [-0.4, -0.2) is 4.98 Å². The van der Waals surface area contributed by atoms with E-state index in [1.165, 1.54) is 6.20 Å². The fourth-order valence-electron chi connectivity index (χ4n) is 1.32. The molecule has 2 rings (SSSR count). The SMILES string of the molecule is Cc1cc(Oc2ccc(C#N)nc2)ccc1Cl. The van der Waals surface area contributed by atoms with Crippen LogP contribution in [-0.2, 0) is 0 Å². The van der Waals surface area contributed by atoms with Crippen LogP contribution in [0.4, 0.5) is 0 Å². The Hall–Kier alpha value is -2.05. The van der Waals surface area contributed by atoms with Gasteiger partial charge < -0.3 is 4.74 Å². The molecule has 4 heteroatoms. The van der Waals surface area contributed by atoms with Gasteiger partial charge >= 0.3 is 0 Å². The summed E-state index contributed by atoms with van der Waals surface area (Å²) in [5, 5.41) is 9.32. The number of pyridine rings is 1. The van der Waals surface area contributed by atoms with Crippen LogP contribution < -0.4 is 4.74 Å². The highest BCUT2D eigenvalue weighted by molar-refractivity contribution is 6.31. The molecule has 0 bridgehead atoms. The van der Waals surface area contributed by atoms with Crippen molar-refractivity contribution in [3.63, 3.8) is 0 Å². The van der Waals surface area contributed by atoms with E-state index in [9.17, 15) is 0 Å². The maximum Gasteiger partial charge on any atom is 0.145 e. The highest BCUT2D eigenvalue weighted by atomic mass is 35.5. The fraction of sp³-hybridized carbons (Fsp3) is 0.0769. The van der Waals surface area contributed by atoms with Gasteiger partial charge in [0.15, 0.2) is 0 Å². The predicted octanol–water partition coefficient (Wildman–Crippen LogP) is 3.71. The lowest BCUT2D eigenvalue weighted by Gasteiger charge is -2.06. The Morgan fingerprint density at radius 1 is 1.24 bits per heavy atom. The molecule has 84 valence electrons. The van der Waals surface area contributed by atoms with Gasteiger partial charge in [0.05, 0.1) is 6.20 Å². The molecule has 0 saturated heterocycles. The van der Waals surface area contributed by atoms with E-state index in [1.54, 1.807) is 24.3 Å². The summed E-state index contributed by atoms with van der Waals surface area (Å²) in [6.45, 7) is 1.91. The van der Waals surface area contributed by atoms with Gasteiger partial charge in [-0.25, -0.2) is 4.98 Å². The minimum Gasteiger partial charge on any atom is -0.456 e. The van der Waals surface area contributed by atoms with Crippen LogP contribution in [0.25, 0.3) is 0 Å². The van der Waals surface area contributed by atoms with Gasteiger partial charge in [0.2, 0.25) is 0 Å². The van der Waals surface area contributed by atoms with Gasteiger partial charge in [-0.15, -0.1) is 0 Å². The first-order valence-electron chi connectivity index (χ1n) is 4.99. The number of hydrogen-bond acceptors (Lipinski definition) is 3. The van der Waals surface area contributed by atoms with E-state index >= 15 is 0 Å². The number of ether oxygens (including phenoxy) is 1. The number of halogens is 1. The summed E-state index contributed by atoms with van der Waals surface area (Å²) in [5.41, 5.74) is 1.32. The highest BCUT2D eigenvalue weighted by Crippen LogP contribution is 2.25. The van der Waals surface area contributed by atoms with Crippen LogP contribution in [0.3, 0.4) is 0 Å². The molecule has 0 atom stereocenters. The Bertz CT molecular complexity index is 573. The summed E-state index contributed by atoms with van der Waals surface area (Å²) >= 11 is 5.92. The maximum atomic E-state index is 8.62. The first kappa shape index (κ1) is 11.4. The van der Waals surface area contributed by atoms with Crippen molar-refractivity contribution < 1.29 is 4.74 Å². The molecular weight excluding hydrogens is 236 g/mol. The Balaban J connectivity index is 2.20. The first-order valence-corrected chi connectivity index (χ1v) is 5.37. The number of rotatable bonds is 2. The molecule has 0 saturated carbocycles. The molecule has 3 nitrogen and oxygen atoms in total. The monoisotopic (exact) mass is 244 g/mol. The van der Waals surface area contributed by atoms with E-state index < -0.39 is 0 Å². The van der Waals surface area contributed by atoms with Crippen molar-refractivity contribution in [1.29, 1.82) is 5.26 Å². The zero-order chi connectivity index (χ0) is 12.3. The molecule has 1 aromatic carbocycles. The zero-order valence-corrected chi connectivity index (χ0v) is 9.90. The summed E-state index contributed by atoms with van der Waals surface area (Å²) in [6.07, 6.45) is 1.52. The molecule has 0 N–H and O–H groups in total. The molecule has 0 unspecified atom stereocenters. The van der Waals surface area contributed by atoms with Gasteiger partial charge in [0.25, 0.3) is 0 Å². The maximum absolute atomic E-state index is 8.62. The minimum atomic E-state index is 0.365. The first-order chi connectivity index (χ1) is 8.19. The minimum absolute atomic E-state index is 0.365. The molecule has 0 aliphatic rings. The third-order valence-electron chi connectivity index (χ3n) is 2.22. The van der Waals surface area contributed by atoms with Crippen LogP contribution in [0.5, 0.6) is 11.5 Å². The van der Waals surface area contributed by atoms with Crippen molar-refractivity contribution in [3.05, 3.63) is 52.8 Å². The van der Waals surface area contributed by atoms with E-state index in [0.717, 1.165) is 5.56 Å². The molecule has 0 fully saturated rings. The second-order valence-corrected chi connectivity index (χ2v) is 3.91. The van der Waals surface area contributed by atoms with Gasteiger partial charge in [0, 0.05) is 5.02 Å². The second-order valence-electron chi connectivity index (χ2n) is 3.50. The second kappa shape index (κ2) is 4.86. The average Bonchev–Trinajstić information content (AvgIpc) is 2.35. The van der Waals surface area contributed by atoms with Crippen LogP contribution in [0.1, 0.15) is 11.3 Å². The number of aryl methyl sites for hydroxylation is 1. The quantitative estimate of drug-likeness (QED) is 0.809. The Morgan fingerprint density at radius 2 is 2.00 bits per heavy atom. The molecule has 0 spiro atoms. The molecule has 17 heavy (non-hydrogen) atoms. The summed E-state index contributed by atoms with van der Waals surface area (Å²) < 4.78 is 5.58. The van der Waals surface area contributed by atoms with Gasteiger partial charge in [-0.3, -0.25) is 0 Å². The lowest BCUT2D eigenvalue weighted by atomic mass is 10.2. The molecule has 0 amide bonds. The zero-order valence-electron chi connectivity index (χ0n) is 9.14. The fourth-order valence-corrected chi connectivity index (χ4v) is 1.44. The van der Waals surface area contributed by atoms with Gasteiger partial charge in [-0.05, 0) is 42.8 Å². The molecule has 0 aliphatic heterocycles. The summed E-state index contributed by atoms with van der Waals surface area (Å²) in [4.78, 5) is 3.92. The van der Waals surface area contributed by atoms with E-state index in [0.29, 0.717) is 22.2 Å². The molecule has 1 heterocycles. The Morgan fingerprint density at radius 3 is 2.59 bits per heavy atom. The summed E-state index contributed by atoms with van der Waals surface area (Å²) in [5.74, 6) is 1.28. The normalized spacial score (nSPS) is 9.71. The standard InChI is InChI=1S/C13H9ClN2O/c1-9-6-11(4-5-13(9)14)17-12-3-2-10(7-15)16-8-12/h2-6,8H,1H3. The highest BCUT2D eigenvalue weighted by Gasteiger charge is 2.01.